The molecule has 0 spiro atoms. The van der Waals surface area contributed by atoms with Gasteiger partial charge in [-0.05, 0) is 48.2 Å². The molecule has 2 aromatic rings. The van der Waals surface area contributed by atoms with Crippen molar-refractivity contribution in [3.8, 4) is 11.5 Å². The van der Waals surface area contributed by atoms with Gasteiger partial charge in [0.15, 0.2) is 11.5 Å². The maximum absolute atomic E-state index is 12.6. The van der Waals surface area contributed by atoms with Crippen molar-refractivity contribution in [1.82, 2.24) is 10.2 Å². The van der Waals surface area contributed by atoms with Gasteiger partial charge in [0.05, 0.1) is 24.7 Å². The van der Waals surface area contributed by atoms with Gasteiger partial charge in [0.25, 0.3) is 0 Å². The van der Waals surface area contributed by atoms with Gasteiger partial charge in [-0.2, -0.15) is 0 Å². The molecule has 2 aliphatic rings. The van der Waals surface area contributed by atoms with Crippen LogP contribution in [0.5, 0.6) is 11.5 Å². The number of piperidine rings is 1. The summed E-state index contributed by atoms with van der Waals surface area (Å²) in [7, 11) is 0. The molecule has 0 atom stereocenters. The van der Waals surface area contributed by atoms with Gasteiger partial charge in [0, 0.05) is 37.1 Å². The van der Waals surface area contributed by atoms with E-state index < -0.39 is 0 Å². The second kappa shape index (κ2) is 9.90. The molecular formula is C23H26Cl2N2O3. The van der Waals surface area contributed by atoms with Gasteiger partial charge in [-0.15, -0.1) is 0 Å². The lowest BCUT2D eigenvalue weighted by atomic mass is 10.0. The van der Waals surface area contributed by atoms with Crippen LogP contribution in [0, 0.1) is 0 Å². The Bertz CT molecular complexity index is 881. The van der Waals surface area contributed by atoms with Crippen LogP contribution in [0.4, 0.5) is 0 Å². The number of carbonyl (C=O) groups is 1. The molecule has 0 aliphatic carbocycles. The Morgan fingerprint density at radius 3 is 2.53 bits per heavy atom. The zero-order valence-electron chi connectivity index (χ0n) is 16.8. The van der Waals surface area contributed by atoms with Crippen molar-refractivity contribution in [3.05, 3.63) is 57.6 Å². The van der Waals surface area contributed by atoms with Crippen LogP contribution in [0.1, 0.15) is 30.4 Å². The predicted octanol–water partition coefficient (Wildman–Crippen LogP) is 4.48. The molecule has 0 unspecified atom stereocenters. The first-order chi connectivity index (χ1) is 14.6. The first kappa shape index (κ1) is 21.3. The van der Waals surface area contributed by atoms with Gasteiger partial charge in [0.1, 0.15) is 0 Å². The summed E-state index contributed by atoms with van der Waals surface area (Å²) in [6.45, 7) is 4.01. The Morgan fingerprint density at radius 2 is 1.77 bits per heavy atom. The van der Waals surface area contributed by atoms with Crippen molar-refractivity contribution in [2.45, 2.75) is 38.3 Å². The van der Waals surface area contributed by atoms with Crippen LogP contribution in [-0.4, -0.2) is 43.2 Å². The van der Waals surface area contributed by atoms with Crippen molar-refractivity contribution in [2.24, 2.45) is 0 Å². The topological polar surface area (TPSA) is 50.8 Å². The van der Waals surface area contributed by atoms with Gasteiger partial charge in [-0.3, -0.25) is 9.69 Å². The predicted molar refractivity (Wildman–Crippen MR) is 119 cm³/mol. The lowest BCUT2D eigenvalue weighted by molar-refractivity contribution is -0.121. The summed E-state index contributed by atoms with van der Waals surface area (Å²) in [5.41, 5.74) is 2.09. The molecule has 1 N–H and O–H groups in total. The van der Waals surface area contributed by atoms with Crippen LogP contribution in [-0.2, 0) is 17.8 Å². The van der Waals surface area contributed by atoms with Gasteiger partial charge >= 0.3 is 0 Å². The number of nitrogens with zero attached hydrogens (tertiary/aromatic N) is 1. The minimum absolute atomic E-state index is 0.0108. The van der Waals surface area contributed by atoms with E-state index >= 15 is 0 Å². The van der Waals surface area contributed by atoms with Crippen LogP contribution in [0.25, 0.3) is 0 Å². The molecule has 1 amide bonds. The van der Waals surface area contributed by atoms with Crippen LogP contribution in [0.15, 0.2) is 36.4 Å². The van der Waals surface area contributed by atoms with E-state index in [1.54, 1.807) is 6.07 Å². The first-order valence-corrected chi connectivity index (χ1v) is 11.2. The van der Waals surface area contributed by atoms with Crippen molar-refractivity contribution in [3.63, 3.8) is 0 Å². The highest BCUT2D eigenvalue weighted by Crippen LogP contribution is 2.38. The van der Waals surface area contributed by atoms with Crippen molar-refractivity contribution in [2.75, 3.05) is 26.3 Å². The third-order valence-electron chi connectivity index (χ3n) is 5.50. The monoisotopic (exact) mass is 448 g/mol. The Kier molecular flexibility index (Phi) is 7.03. The molecule has 2 heterocycles. The fourth-order valence-corrected chi connectivity index (χ4v) is 4.35. The smallest absolute Gasteiger partial charge is 0.224 e. The Morgan fingerprint density at radius 1 is 1.03 bits per heavy atom. The fraction of sp³-hybridized carbons (Fsp3) is 0.435. The molecule has 7 heteroatoms. The number of ether oxygens (including phenoxy) is 2. The molecule has 5 nitrogen and oxygen atoms in total. The van der Waals surface area contributed by atoms with E-state index in [2.05, 4.69) is 22.3 Å². The number of carbonyl (C=O) groups excluding carboxylic acids is 1. The molecule has 0 radical (unpaired) electrons. The number of halogens is 2. The largest absolute Gasteiger partial charge is 0.489 e. The van der Waals surface area contributed by atoms with E-state index in [4.69, 9.17) is 32.7 Å². The van der Waals surface area contributed by atoms with Crippen molar-refractivity contribution < 1.29 is 14.3 Å². The quantitative estimate of drug-likeness (QED) is 0.732. The summed E-state index contributed by atoms with van der Waals surface area (Å²) in [6.07, 6.45) is 2.99. The standard InChI is InChI=1S/C23H26Cl2N2O3/c24-18-4-2-16(3-5-18)15-27-8-6-19(7-9-27)26-22(28)14-17-12-20(25)23-21(13-17)29-10-1-11-30-23/h2-5,12-13,19H,1,6-11,14-15H2,(H,26,28). The van der Waals surface area contributed by atoms with Crippen LogP contribution >= 0.6 is 23.2 Å². The number of nitrogens with one attached hydrogen (secondary N) is 1. The summed E-state index contributed by atoms with van der Waals surface area (Å²) >= 11 is 12.3. The summed E-state index contributed by atoms with van der Waals surface area (Å²) < 4.78 is 11.4. The van der Waals surface area contributed by atoms with E-state index in [1.165, 1.54) is 5.56 Å². The summed E-state index contributed by atoms with van der Waals surface area (Å²) in [6, 6.07) is 11.8. The number of amides is 1. The molecule has 0 aromatic heterocycles. The molecule has 1 saturated heterocycles. The molecule has 0 bridgehead atoms. The third kappa shape index (κ3) is 5.60. The third-order valence-corrected chi connectivity index (χ3v) is 6.03. The molecule has 1 fully saturated rings. The fourth-order valence-electron chi connectivity index (χ4n) is 3.93. The highest BCUT2D eigenvalue weighted by Gasteiger charge is 2.22. The molecule has 2 aromatic carbocycles. The van der Waals surface area contributed by atoms with Gasteiger partial charge < -0.3 is 14.8 Å². The van der Waals surface area contributed by atoms with Crippen LogP contribution in [0.2, 0.25) is 10.0 Å². The minimum atomic E-state index is 0.0108. The van der Waals surface area contributed by atoms with Crippen molar-refractivity contribution in [1.29, 1.82) is 0 Å². The lowest BCUT2D eigenvalue weighted by Gasteiger charge is -2.32. The highest BCUT2D eigenvalue weighted by atomic mass is 35.5. The maximum Gasteiger partial charge on any atom is 0.224 e. The molecule has 4 rings (SSSR count). The SMILES string of the molecule is O=C(Cc1cc(Cl)c2c(c1)OCCCO2)NC1CCN(Cc2ccc(Cl)cc2)CC1. The number of rotatable bonds is 5. The van der Waals surface area contributed by atoms with E-state index in [-0.39, 0.29) is 18.4 Å². The Labute approximate surface area is 187 Å². The second-order valence-corrected chi connectivity index (χ2v) is 8.72. The molecule has 160 valence electrons. The molecule has 30 heavy (non-hydrogen) atoms. The normalized spacial score (nSPS) is 17.4. The zero-order valence-corrected chi connectivity index (χ0v) is 18.3. The number of fused-ring (bicyclic) bond motifs is 1. The second-order valence-electron chi connectivity index (χ2n) is 7.88. The van der Waals surface area contributed by atoms with Crippen molar-refractivity contribution >= 4 is 29.1 Å². The zero-order chi connectivity index (χ0) is 20.9. The van der Waals surface area contributed by atoms with Gasteiger partial charge in [-0.1, -0.05) is 35.3 Å². The summed E-state index contributed by atoms with van der Waals surface area (Å²) in [5, 5.41) is 4.43. The molecular weight excluding hydrogens is 423 g/mol. The maximum atomic E-state index is 12.6. The molecule has 0 saturated carbocycles. The van der Waals surface area contributed by atoms with Crippen LogP contribution < -0.4 is 14.8 Å². The first-order valence-electron chi connectivity index (χ1n) is 10.4. The lowest BCUT2D eigenvalue weighted by Crippen LogP contribution is -2.44. The number of benzene rings is 2. The van der Waals surface area contributed by atoms with E-state index in [9.17, 15) is 4.79 Å². The number of likely N-dealkylation sites (tertiary alicyclic amines) is 1. The summed E-state index contributed by atoms with van der Waals surface area (Å²) in [4.78, 5) is 15.0. The average Bonchev–Trinajstić information content (AvgIpc) is 2.97. The van der Waals surface area contributed by atoms with E-state index in [1.807, 2.05) is 18.2 Å². The number of hydrogen-bond acceptors (Lipinski definition) is 4. The number of hydrogen-bond donors (Lipinski definition) is 1. The average molecular weight is 449 g/mol. The summed E-state index contributed by atoms with van der Waals surface area (Å²) in [5.74, 6) is 1.21. The van der Waals surface area contributed by atoms with Crippen LogP contribution in [0.3, 0.4) is 0 Å². The van der Waals surface area contributed by atoms with Gasteiger partial charge in [-0.25, -0.2) is 0 Å². The van der Waals surface area contributed by atoms with Gasteiger partial charge in [0.2, 0.25) is 5.91 Å². The molecule has 2 aliphatic heterocycles. The van der Waals surface area contributed by atoms with E-state index in [0.29, 0.717) is 29.7 Å². The highest BCUT2D eigenvalue weighted by molar-refractivity contribution is 6.32. The Balaban J connectivity index is 1.26. The Hall–Kier alpha value is -1.95. The minimum Gasteiger partial charge on any atom is -0.489 e. The van der Waals surface area contributed by atoms with E-state index in [0.717, 1.165) is 49.5 Å².